The van der Waals surface area contributed by atoms with Gasteiger partial charge >= 0.3 is 0 Å². The van der Waals surface area contributed by atoms with Crippen molar-refractivity contribution >= 4 is 5.57 Å². The van der Waals surface area contributed by atoms with Crippen LogP contribution in [0.2, 0.25) is 0 Å². The van der Waals surface area contributed by atoms with E-state index in [0.29, 0.717) is 0 Å². The van der Waals surface area contributed by atoms with Gasteiger partial charge in [-0.1, -0.05) is 89.1 Å². The van der Waals surface area contributed by atoms with Gasteiger partial charge in [0.1, 0.15) is 5.75 Å². The lowest BCUT2D eigenvalue weighted by molar-refractivity contribution is 0.275. The van der Waals surface area contributed by atoms with Crippen LogP contribution < -0.4 is 4.74 Å². The minimum atomic E-state index is 0.732. The summed E-state index contributed by atoms with van der Waals surface area (Å²) in [6.07, 6.45) is 5.08. The third-order valence-electron chi connectivity index (χ3n) is 4.68. The Labute approximate surface area is 153 Å². The zero-order chi connectivity index (χ0) is 18.1. The molecule has 0 amide bonds. The molecule has 1 heteroatoms. The van der Waals surface area contributed by atoms with Crippen molar-refractivity contribution in [1.82, 2.24) is 0 Å². The quantitative estimate of drug-likeness (QED) is 0.455. The number of hydrogen-bond acceptors (Lipinski definition) is 1. The Bertz CT molecular complexity index is 625. The van der Waals surface area contributed by atoms with Gasteiger partial charge < -0.3 is 4.74 Å². The molecule has 2 rings (SSSR count). The monoisotopic (exact) mass is 336 g/mol. The summed E-state index contributed by atoms with van der Waals surface area (Å²) in [5.74, 6) is 2.49. The maximum absolute atomic E-state index is 5.91. The van der Waals surface area contributed by atoms with Gasteiger partial charge in [0.25, 0.3) is 0 Å². The van der Waals surface area contributed by atoms with Crippen LogP contribution in [-0.4, -0.2) is 6.61 Å². The van der Waals surface area contributed by atoms with Crippen LogP contribution in [0.25, 0.3) is 5.57 Å². The van der Waals surface area contributed by atoms with Gasteiger partial charge in [0.05, 0.1) is 6.61 Å². The summed E-state index contributed by atoms with van der Waals surface area (Å²) < 4.78 is 5.91. The van der Waals surface area contributed by atoms with Crippen molar-refractivity contribution in [3.8, 4) is 5.75 Å². The minimum absolute atomic E-state index is 0.732. The molecule has 0 bridgehead atoms. The van der Waals surface area contributed by atoms with E-state index in [0.717, 1.165) is 47.3 Å². The smallest absolute Gasteiger partial charge is 0.119 e. The van der Waals surface area contributed by atoms with Crippen LogP contribution in [0.1, 0.15) is 57.6 Å². The molecule has 0 fully saturated rings. The minimum Gasteiger partial charge on any atom is -0.494 e. The van der Waals surface area contributed by atoms with Crippen LogP contribution in [0.15, 0.2) is 61.2 Å². The summed E-state index contributed by atoms with van der Waals surface area (Å²) in [7, 11) is 0. The van der Waals surface area contributed by atoms with Gasteiger partial charge in [0.2, 0.25) is 0 Å². The molecule has 2 aromatic rings. The maximum atomic E-state index is 5.91. The zero-order valence-electron chi connectivity index (χ0n) is 16.0. The van der Waals surface area contributed by atoms with Crippen LogP contribution in [0.3, 0.4) is 0 Å². The van der Waals surface area contributed by atoms with Gasteiger partial charge in [-0.2, -0.15) is 0 Å². The lowest BCUT2D eigenvalue weighted by Gasteiger charge is -2.13. The first kappa shape index (κ1) is 19.3. The van der Waals surface area contributed by atoms with Gasteiger partial charge in [0.15, 0.2) is 0 Å². The van der Waals surface area contributed by atoms with Gasteiger partial charge in [-0.05, 0) is 47.1 Å². The van der Waals surface area contributed by atoms with Crippen LogP contribution in [0.4, 0.5) is 0 Å². The summed E-state index contributed by atoms with van der Waals surface area (Å²) in [6.45, 7) is 11.9. The number of benzene rings is 2. The second kappa shape index (κ2) is 10.1. The normalized spacial score (nSPS) is 12.2. The first-order valence-corrected chi connectivity index (χ1v) is 9.54. The molecule has 0 aromatic heterocycles. The molecule has 25 heavy (non-hydrogen) atoms. The fraction of sp³-hybridized carbons (Fsp3) is 0.417. The molecule has 0 N–H and O–H groups in total. The molecule has 0 aliphatic heterocycles. The van der Waals surface area contributed by atoms with Crippen LogP contribution in [-0.2, 0) is 0 Å². The molecule has 0 saturated heterocycles. The fourth-order valence-corrected chi connectivity index (χ4v) is 2.96. The molecular formula is C24H32O. The fourth-order valence-electron chi connectivity index (χ4n) is 2.96. The maximum Gasteiger partial charge on any atom is 0.119 e. The molecule has 0 saturated carbocycles. The average molecular weight is 337 g/mol. The molecule has 1 unspecified atom stereocenters. The SMILES string of the molecule is C=C(c1ccccc1)c1ccc(OCCC(C)CCCC(C)C)cc1. The van der Waals surface area contributed by atoms with E-state index in [1.807, 2.05) is 30.3 Å². The lowest BCUT2D eigenvalue weighted by Crippen LogP contribution is -2.04. The molecule has 1 atom stereocenters. The Morgan fingerprint density at radius 2 is 1.48 bits per heavy atom. The average Bonchev–Trinajstić information content (AvgIpc) is 2.62. The van der Waals surface area contributed by atoms with E-state index < -0.39 is 0 Å². The van der Waals surface area contributed by atoms with E-state index in [-0.39, 0.29) is 0 Å². The van der Waals surface area contributed by atoms with Crippen molar-refractivity contribution in [2.45, 2.75) is 46.5 Å². The molecule has 134 valence electrons. The van der Waals surface area contributed by atoms with E-state index >= 15 is 0 Å². The first-order chi connectivity index (χ1) is 12.1. The second-order valence-corrected chi connectivity index (χ2v) is 7.44. The molecule has 0 aliphatic rings. The highest BCUT2D eigenvalue weighted by Crippen LogP contribution is 2.24. The predicted octanol–water partition coefficient (Wildman–Crippen LogP) is 6.98. The van der Waals surface area contributed by atoms with Gasteiger partial charge in [-0.15, -0.1) is 0 Å². The number of rotatable bonds is 10. The Balaban J connectivity index is 1.76. The molecule has 0 heterocycles. The van der Waals surface area contributed by atoms with Gasteiger partial charge in [0, 0.05) is 0 Å². The summed E-state index contributed by atoms with van der Waals surface area (Å²) >= 11 is 0. The standard InChI is InChI=1S/C24H32O/c1-19(2)9-8-10-20(3)17-18-25-24-15-13-23(14-16-24)21(4)22-11-6-5-7-12-22/h5-7,11-16,19-20H,4,8-10,17-18H2,1-3H3. The van der Waals surface area contributed by atoms with Gasteiger partial charge in [-0.25, -0.2) is 0 Å². The van der Waals surface area contributed by atoms with E-state index in [1.165, 1.54) is 19.3 Å². The molecular weight excluding hydrogens is 304 g/mol. The Kier molecular flexibility index (Phi) is 7.78. The first-order valence-electron chi connectivity index (χ1n) is 9.54. The Morgan fingerprint density at radius 1 is 0.840 bits per heavy atom. The highest BCUT2D eigenvalue weighted by atomic mass is 16.5. The highest BCUT2D eigenvalue weighted by molar-refractivity contribution is 5.78. The van der Waals surface area contributed by atoms with E-state index in [1.54, 1.807) is 0 Å². The third-order valence-corrected chi connectivity index (χ3v) is 4.68. The van der Waals surface area contributed by atoms with Crippen molar-refractivity contribution in [2.24, 2.45) is 11.8 Å². The lowest BCUT2D eigenvalue weighted by atomic mass is 9.98. The van der Waals surface area contributed by atoms with Gasteiger partial charge in [-0.3, -0.25) is 0 Å². The Hall–Kier alpha value is -2.02. The van der Waals surface area contributed by atoms with E-state index in [4.69, 9.17) is 4.74 Å². The molecule has 0 aliphatic carbocycles. The Morgan fingerprint density at radius 3 is 2.12 bits per heavy atom. The summed E-state index contributed by atoms with van der Waals surface area (Å²) in [5, 5.41) is 0. The number of ether oxygens (including phenoxy) is 1. The molecule has 0 spiro atoms. The predicted molar refractivity (Wildman–Crippen MR) is 109 cm³/mol. The van der Waals surface area contributed by atoms with Crippen LogP contribution in [0, 0.1) is 11.8 Å². The topological polar surface area (TPSA) is 9.23 Å². The third kappa shape index (κ3) is 6.78. The molecule has 2 aromatic carbocycles. The second-order valence-electron chi connectivity index (χ2n) is 7.44. The zero-order valence-corrected chi connectivity index (χ0v) is 16.0. The van der Waals surface area contributed by atoms with Crippen LogP contribution in [0.5, 0.6) is 5.75 Å². The number of hydrogen-bond donors (Lipinski definition) is 0. The highest BCUT2D eigenvalue weighted by Gasteiger charge is 2.05. The largest absolute Gasteiger partial charge is 0.494 e. The van der Waals surface area contributed by atoms with Crippen molar-refractivity contribution in [2.75, 3.05) is 6.61 Å². The van der Waals surface area contributed by atoms with Crippen LogP contribution >= 0.6 is 0 Å². The summed E-state index contributed by atoms with van der Waals surface area (Å²) in [5.41, 5.74) is 3.35. The van der Waals surface area contributed by atoms with E-state index in [2.05, 4.69) is 51.6 Å². The summed E-state index contributed by atoms with van der Waals surface area (Å²) in [6, 6.07) is 18.6. The molecule has 1 nitrogen and oxygen atoms in total. The van der Waals surface area contributed by atoms with Crippen molar-refractivity contribution in [3.63, 3.8) is 0 Å². The van der Waals surface area contributed by atoms with Crippen molar-refractivity contribution in [3.05, 3.63) is 72.3 Å². The van der Waals surface area contributed by atoms with Crippen molar-refractivity contribution < 1.29 is 4.74 Å². The molecule has 0 radical (unpaired) electrons. The van der Waals surface area contributed by atoms with E-state index in [9.17, 15) is 0 Å². The van der Waals surface area contributed by atoms with Crippen molar-refractivity contribution in [1.29, 1.82) is 0 Å². The summed E-state index contributed by atoms with van der Waals surface area (Å²) in [4.78, 5) is 0.